The Balaban J connectivity index is 2.44. The zero-order chi connectivity index (χ0) is 12.0. The first-order valence-corrected chi connectivity index (χ1v) is 5.76. The molecule has 0 aliphatic heterocycles. The fraction of sp³-hybridized carbons (Fsp3) is 0.583. The third-order valence-corrected chi connectivity index (χ3v) is 2.55. The molecule has 1 aromatic rings. The number of nitrogens with zero attached hydrogens (tertiary/aromatic N) is 2. The van der Waals surface area contributed by atoms with Crippen LogP contribution >= 0.6 is 0 Å². The van der Waals surface area contributed by atoms with Gasteiger partial charge in [0.2, 0.25) is 0 Å². The third kappa shape index (κ3) is 4.14. The van der Waals surface area contributed by atoms with Crippen molar-refractivity contribution in [1.82, 2.24) is 9.88 Å². The van der Waals surface area contributed by atoms with Gasteiger partial charge in [-0.2, -0.15) is 0 Å². The van der Waals surface area contributed by atoms with Crippen molar-refractivity contribution in [3.05, 3.63) is 24.1 Å². The van der Waals surface area contributed by atoms with Gasteiger partial charge in [-0.1, -0.05) is 13.8 Å². The number of aromatic nitrogens is 1. The lowest BCUT2D eigenvalue weighted by molar-refractivity contribution is 0.294. The quantitative estimate of drug-likeness (QED) is 0.805. The van der Waals surface area contributed by atoms with Crippen LogP contribution in [0.1, 0.15) is 20.8 Å². The number of likely N-dealkylation sites (N-methyl/N-ethyl adjacent to an activating group) is 1. The average molecular weight is 225 g/mol. The van der Waals surface area contributed by atoms with Crippen molar-refractivity contribution in [2.45, 2.75) is 26.8 Å². The molecular weight excluding hydrogens is 205 g/mol. The SMILES string of the molecule is CCN(CC)CC(C)Nc1ccc(F)cn1. The van der Waals surface area contributed by atoms with Crippen LogP contribution < -0.4 is 5.32 Å². The van der Waals surface area contributed by atoms with Crippen molar-refractivity contribution >= 4 is 5.82 Å². The van der Waals surface area contributed by atoms with E-state index in [9.17, 15) is 4.39 Å². The lowest BCUT2D eigenvalue weighted by Crippen LogP contribution is -2.34. The van der Waals surface area contributed by atoms with Gasteiger partial charge >= 0.3 is 0 Å². The van der Waals surface area contributed by atoms with E-state index in [-0.39, 0.29) is 5.82 Å². The number of halogens is 1. The van der Waals surface area contributed by atoms with Gasteiger partial charge in [0.25, 0.3) is 0 Å². The summed E-state index contributed by atoms with van der Waals surface area (Å²) in [4.78, 5) is 6.31. The first-order chi connectivity index (χ1) is 7.65. The molecule has 0 amide bonds. The molecule has 0 aliphatic carbocycles. The van der Waals surface area contributed by atoms with Crippen molar-refractivity contribution in [2.24, 2.45) is 0 Å². The fourth-order valence-corrected chi connectivity index (χ4v) is 1.63. The first-order valence-electron chi connectivity index (χ1n) is 5.76. The molecule has 0 bridgehead atoms. The summed E-state index contributed by atoms with van der Waals surface area (Å²) in [6.07, 6.45) is 1.23. The maximum atomic E-state index is 12.6. The van der Waals surface area contributed by atoms with Gasteiger partial charge in [-0.3, -0.25) is 0 Å². The Hall–Kier alpha value is -1.16. The Kier molecular flexibility index (Phi) is 5.19. The van der Waals surface area contributed by atoms with E-state index in [4.69, 9.17) is 0 Å². The number of hydrogen-bond donors (Lipinski definition) is 1. The van der Waals surface area contributed by atoms with Gasteiger partial charge in [0.1, 0.15) is 11.6 Å². The molecule has 0 aromatic carbocycles. The minimum absolute atomic E-state index is 0.304. The van der Waals surface area contributed by atoms with Crippen LogP contribution in [0.5, 0.6) is 0 Å². The van der Waals surface area contributed by atoms with Crippen LogP contribution in [-0.2, 0) is 0 Å². The fourth-order valence-electron chi connectivity index (χ4n) is 1.63. The van der Waals surface area contributed by atoms with E-state index in [0.717, 1.165) is 25.5 Å². The highest BCUT2D eigenvalue weighted by molar-refractivity contribution is 5.34. The van der Waals surface area contributed by atoms with Crippen LogP contribution in [0.3, 0.4) is 0 Å². The number of rotatable bonds is 6. The topological polar surface area (TPSA) is 28.2 Å². The second-order valence-corrected chi connectivity index (χ2v) is 3.89. The molecule has 0 radical (unpaired) electrons. The van der Waals surface area contributed by atoms with E-state index in [1.165, 1.54) is 12.3 Å². The Labute approximate surface area is 96.7 Å². The normalized spacial score (nSPS) is 12.8. The first kappa shape index (κ1) is 12.9. The molecule has 1 N–H and O–H groups in total. The van der Waals surface area contributed by atoms with Crippen molar-refractivity contribution in [2.75, 3.05) is 25.0 Å². The van der Waals surface area contributed by atoms with Crippen molar-refractivity contribution in [3.63, 3.8) is 0 Å². The molecule has 1 aromatic heterocycles. The van der Waals surface area contributed by atoms with Gasteiger partial charge < -0.3 is 10.2 Å². The van der Waals surface area contributed by atoms with E-state index < -0.39 is 0 Å². The van der Waals surface area contributed by atoms with Crippen molar-refractivity contribution in [1.29, 1.82) is 0 Å². The average Bonchev–Trinajstić information content (AvgIpc) is 2.29. The standard InChI is InChI=1S/C12H20FN3/c1-4-16(5-2)9-10(3)15-12-7-6-11(13)8-14-12/h6-8,10H,4-5,9H2,1-3H3,(H,14,15). The molecule has 4 heteroatoms. The van der Waals surface area contributed by atoms with E-state index in [1.807, 2.05) is 0 Å². The van der Waals surface area contributed by atoms with E-state index in [2.05, 4.69) is 36.0 Å². The van der Waals surface area contributed by atoms with Gasteiger partial charge in [-0.15, -0.1) is 0 Å². The molecule has 0 spiro atoms. The maximum absolute atomic E-state index is 12.6. The Morgan fingerprint density at radius 3 is 2.56 bits per heavy atom. The molecule has 16 heavy (non-hydrogen) atoms. The monoisotopic (exact) mass is 225 g/mol. The van der Waals surface area contributed by atoms with Crippen LogP contribution in [0.25, 0.3) is 0 Å². The minimum Gasteiger partial charge on any atom is -0.366 e. The number of hydrogen-bond acceptors (Lipinski definition) is 3. The third-order valence-electron chi connectivity index (χ3n) is 2.55. The van der Waals surface area contributed by atoms with Gasteiger partial charge in [-0.05, 0) is 32.1 Å². The van der Waals surface area contributed by atoms with Crippen LogP contribution in [0, 0.1) is 5.82 Å². The number of anilines is 1. The second-order valence-electron chi connectivity index (χ2n) is 3.89. The molecule has 1 heterocycles. The van der Waals surface area contributed by atoms with E-state index in [0.29, 0.717) is 6.04 Å². The van der Waals surface area contributed by atoms with Crippen molar-refractivity contribution in [3.8, 4) is 0 Å². The predicted octanol–water partition coefficient (Wildman–Crippen LogP) is 2.36. The Bertz CT molecular complexity index is 296. The predicted molar refractivity (Wildman–Crippen MR) is 65.1 cm³/mol. The number of nitrogens with one attached hydrogen (secondary N) is 1. The summed E-state index contributed by atoms with van der Waals surface area (Å²) in [5.74, 6) is 0.419. The van der Waals surface area contributed by atoms with Gasteiger partial charge in [-0.25, -0.2) is 9.37 Å². The zero-order valence-corrected chi connectivity index (χ0v) is 10.2. The summed E-state index contributed by atoms with van der Waals surface area (Å²) in [7, 11) is 0. The molecule has 0 saturated heterocycles. The summed E-state index contributed by atoms with van der Waals surface area (Å²) in [6, 6.07) is 3.38. The highest BCUT2D eigenvalue weighted by Crippen LogP contribution is 2.06. The lowest BCUT2D eigenvalue weighted by Gasteiger charge is -2.23. The van der Waals surface area contributed by atoms with Gasteiger partial charge in [0, 0.05) is 12.6 Å². The van der Waals surface area contributed by atoms with Crippen LogP contribution in [0.15, 0.2) is 18.3 Å². The Morgan fingerprint density at radius 2 is 2.06 bits per heavy atom. The summed E-state index contributed by atoms with van der Waals surface area (Å²) >= 11 is 0. The highest BCUT2D eigenvalue weighted by atomic mass is 19.1. The smallest absolute Gasteiger partial charge is 0.141 e. The molecule has 1 unspecified atom stereocenters. The number of pyridine rings is 1. The summed E-state index contributed by atoms with van der Waals surface area (Å²) in [5, 5.41) is 3.25. The zero-order valence-electron chi connectivity index (χ0n) is 10.2. The van der Waals surface area contributed by atoms with Crippen LogP contribution in [-0.4, -0.2) is 35.6 Å². The van der Waals surface area contributed by atoms with Gasteiger partial charge in [0.15, 0.2) is 0 Å². The molecule has 1 atom stereocenters. The van der Waals surface area contributed by atoms with Crippen LogP contribution in [0.2, 0.25) is 0 Å². The summed E-state index contributed by atoms with van der Waals surface area (Å²) in [6.45, 7) is 9.44. The summed E-state index contributed by atoms with van der Waals surface area (Å²) < 4.78 is 12.6. The largest absolute Gasteiger partial charge is 0.366 e. The minimum atomic E-state index is -0.304. The van der Waals surface area contributed by atoms with E-state index in [1.54, 1.807) is 6.07 Å². The van der Waals surface area contributed by atoms with Gasteiger partial charge in [0.05, 0.1) is 6.20 Å². The molecule has 90 valence electrons. The molecule has 0 aliphatic rings. The maximum Gasteiger partial charge on any atom is 0.141 e. The van der Waals surface area contributed by atoms with Crippen molar-refractivity contribution < 1.29 is 4.39 Å². The summed E-state index contributed by atoms with van der Waals surface area (Å²) in [5.41, 5.74) is 0. The second kappa shape index (κ2) is 6.43. The van der Waals surface area contributed by atoms with E-state index >= 15 is 0 Å². The highest BCUT2D eigenvalue weighted by Gasteiger charge is 2.07. The molecule has 0 fully saturated rings. The Morgan fingerprint density at radius 1 is 1.38 bits per heavy atom. The van der Waals surface area contributed by atoms with Crippen LogP contribution in [0.4, 0.5) is 10.2 Å². The molecule has 1 rings (SSSR count). The molecular formula is C12H20FN3. The molecule has 3 nitrogen and oxygen atoms in total. The molecule has 0 saturated carbocycles. The lowest BCUT2D eigenvalue weighted by atomic mass is 10.3.